The maximum absolute atomic E-state index is 10.8. The van der Waals surface area contributed by atoms with Crippen molar-refractivity contribution in [1.29, 1.82) is 0 Å². The van der Waals surface area contributed by atoms with E-state index in [4.69, 9.17) is 18.9 Å². The molecule has 1 heterocycles. The molecule has 9 atom stereocenters. The molecule has 2 rings (SSSR count). The van der Waals surface area contributed by atoms with Crippen LogP contribution in [-0.4, -0.2) is 63.6 Å². The van der Waals surface area contributed by atoms with Crippen LogP contribution in [0.3, 0.4) is 0 Å². The molecule has 1 aliphatic heterocycles. The van der Waals surface area contributed by atoms with Gasteiger partial charge < -0.3 is 24.1 Å². The van der Waals surface area contributed by atoms with Crippen LogP contribution in [0.1, 0.15) is 47.0 Å². The third-order valence-electron chi connectivity index (χ3n) is 6.99. The fraction of sp³-hybridized carbons (Fsp3) is 0.833. The number of methoxy groups -OCH3 is 3. The van der Waals surface area contributed by atoms with Gasteiger partial charge in [-0.1, -0.05) is 39.0 Å². The Morgan fingerprint density at radius 1 is 1.14 bits per heavy atom. The summed E-state index contributed by atoms with van der Waals surface area (Å²) in [6, 6.07) is 0. The van der Waals surface area contributed by atoms with Crippen molar-refractivity contribution in [2.45, 2.75) is 77.5 Å². The Kier molecular flexibility index (Phi) is 9.83. The molecule has 5 nitrogen and oxygen atoms in total. The molecular formula is C24H42O5. The van der Waals surface area contributed by atoms with Gasteiger partial charge in [-0.2, -0.15) is 0 Å². The molecule has 0 radical (unpaired) electrons. The first-order chi connectivity index (χ1) is 13.9. The van der Waals surface area contributed by atoms with E-state index in [1.165, 1.54) is 0 Å². The van der Waals surface area contributed by atoms with Crippen LogP contribution in [0, 0.1) is 23.7 Å². The van der Waals surface area contributed by atoms with Crippen molar-refractivity contribution in [3.05, 3.63) is 23.8 Å². The first kappa shape index (κ1) is 24.5. The summed E-state index contributed by atoms with van der Waals surface area (Å²) in [5.41, 5.74) is 1.13. The van der Waals surface area contributed by atoms with E-state index in [0.717, 1.165) is 24.8 Å². The summed E-state index contributed by atoms with van der Waals surface area (Å²) in [5.74, 6) is 1.56. The summed E-state index contributed by atoms with van der Waals surface area (Å²) in [6.07, 6.45) is 9.21. The van der Waals surface area contributed by atoms with E-state index in [1.807, 2.05) is 6.08 Å². The van der Waals surface area contributed by atoms with Crippen molar-refractivity contribution >= 4 is 0 Å². The van der Waals surface area contributed by atoms with Crippen LogP contribution in [0.15, 0.2) is 23.8 Å². The minimum atomic E-state index is -0.304. The number of rotatable bonds is 11. The summed E-state index contributed by atoms with van der Waals surface area (Å²) in [5, 5.41) is 10.8. The lowest BCUT2D eigenvalue weighted by molar-refractivity contribution is -0.129. The third kappa shape index (κ3) is 6.38. The number of aliphatic hydroxyl groups excluding tert-OH is 1. The lowest BCUT2D eigenvalue weighted by Crippen LogP contribution is -2.43. The lowest BCUT2D eigenvalue weighted by atomic mass is 9.91. The molecule has 0 amide bonds. The summed E-state index contributed by atoms with van der Waals surface area (Å²) in [7, 11) is 5.22. The van der Waals surface area contributed by atoms with Crippen LogP contribution in [0.25, 0.3) is 0 Å². The van der Waals surface area contributed by atoms with Gasteiger partial charge in [0.1, 0.15) is 6.10 Å². The minimum absolute atomic E-state index is 0.00219. The Morgan fingerprint density at radius 2 is 1.86 bits per heavy atom. The molecule has 0 aromatic rings. The van der Waals surface area contributed by atoms with E-state index in [1.54, 1.807) is 21.3 Å². The largest absolute Gasteiger partial charge is 0.392 e. The maximum atomic E-state index is 10.8. The molecule has 2 fully saturated rings. The Hall–Kier alpha value is -0.720. The molecule has 1 saturated heterocycles. The van der Waals surface area contributed by atoms with E-state index >= 15 is 0 Å². The Labute approximate surface area is 177 Å². The van der Waals surface area contributed by atoms with Gasteiger partial charge in [0.05, 0.1) is 31.0 Å². The Bertz CT molecular complexity index is 541. The van der Waals surface area contributed by atoms with Crippen molar-refractivity contribution in [2.75, 3.05) is 27.9 Å². The van der Waals surface area contributed by atoms with Gasteiger partial charge in [0.2, 0.25) is 0 Å². The Balaban J connectivity index is 1.87. The highest BCUT2D eigenvalue weighted by molar-refractivity contribution is 5.18. The van der Waals surface area contributed by atoms with Crippen molar-refractivity contribution in [1.82, 2.24) is 0 Å². The fourth-order valence-corrected chi connectivity index (χ4v) is 4.82. The van der Waals surface area contributed by atoms with Gasteiger partial charge in [0, 0.05) is 33.7 Å². The molecule has 1 N–H and O–H groups in total. The van der Waals surface area contributed by atoms with Crippen LogP contribution in [-0.2, 0) is 18.9 Å². The van der Waals surface area contributed by atoms with E-state index in [9.17, 15) is 5.11 Å². The van der Waals surface area contributed by atoms with Crippen molar-refractivity contribution in [3.8, 4) is 0 Å². The van der Waals surface area contributed by atoms with E-state index in [2.05, 4.69) is 39.8 Å². The van der Waals surface area contributed by atoms with Crippen molar-refractivity contribution in [2.24, 2.45) is 23.7 Å². The van der Waals surface area contributed by atoms with Crippen LogP contribution >= 0.6 is 0 Å². The molecule has 168 valence electrons. The standard InChI is InChI=1S/C24H42O5/c1-8-21(27-6)17(4)19-13-20(19)23(25)15(2)10-9-11-16(3)24-22(28-7)12-18(26-5)14-29-24/h9-11,15,17-25H,8,12-14H2,1-7H3/b10-9+,16-11+. The molecule has 2 aliphatic rings. The van der Waals surface area contributed by atoms with Gasteiger partial charge in [-0.3, -0.25) is 0 Å². The molecule has 0 spiro atoms. The lowest BCUT2D eigenvalue weighted by Gasteiger charge is -2.35. The number of hydrogen-bond donors (Lipinski definition) is 1. The predicted molar refractivity (Wildman–Crippen MR) is 116 cm³/mol. The first-order valence-corrected chi connectivity index (χ1v) is 11.1. The summed E-state index contributed by atoms with van der Waals surface area (Å²) < 4.78 is 22.6. The quantitative estimate of drug-likeness (QED) is 0.522. The van der Waals surface area contributed by atoms with Crippen molar-refractivity contribution in [3.63, 3.8) is 0 Å². The number of aliphatic hydroxyl groups is 1. The molecule has 0 aromatic heterocycles. The molecule has 0 bridgehead atoms. The average Bonchev–Trinajstić information content (AvgIpc) is 3.54. The van der Waals surface area contributed by atoms with E-state index in [0.29, 0.717) is 24.4 Å². The number of hydrogen-bond acceptors (Lipinski definition) is 5. The van der Waals surface area contributed by atoms with Crippen LogP contribution in [0.4, 0.5) is 0 Å². The zero-order chi connectivity index (χ0) is 21.6. The molecular weight excluding hydrogens is 368 g/mol. The number of allylic oxidation sites excluding steroid dienone is 2. The smallest absolute Gasteiger partial charge is 0.105 e. The highest BCUT2D eigenvalue weighted by Gasteiger charge is 2.48. The molecule has 1 saturated carbocycles. The second-order valence-corrected chi connectivity index (χ2v) is 8.87. The fourth-order valence-electron chi connectivity index (χ4n) is 4.82. The zero-order valence-electron chi connectivity index (χ0n) is 19.3. The molecule has 0 aromatic carbocycles. The van der Waals surface area contributed by atoms with Gasteiger partial charge >= 0.3 is 0 Å². The maximum Gasteiger partial charge on any atom is 0.105 e. The highest BCUT2D eigenvalue weighted by Crippen LogP contribution is 2.49. The second-order valence-electron chi connectivity index (χ2n) is 8.87. The minimum Gasteiger partial charge on any atom is -0.392 e. The molecule has 29 heavy (non-hydrogen) atoms. The van der Waals surface area contributed by atoms with Gasteiger partial charge in [-0.05, 0) is 43.1 Å². The van der Waals surface area contributed by atoms with Crippen molar-refractivity contribution < 1.29 is 24.1 Å². The van der Waals surface area contributed by atoms with E-state index < -0.39 is 0 Å². The first-order valence-electron chi connectivity index (χ1n) is 11.1. The summed E-state index contributed by atoms with van der Waals surface area (Å²) >= 11 is 0. The molecule has 5 heteroatoms. The topological polar surface area (TPSA) is 57.2 Å². The van der Waals surface area contributed by atoms with Crippen LogP contribution in [0.2, 0.25) is 0 Å². The summed E-state index contributed by atoms with van der Waals surface area (Å²) in [6.45, 7) is 9.18. The molecule has 1 aliphatic carbocycles. The SMILES string of the molecule is CCC(OC)C(C)C1CC1C(O)C(C)/C=C/C=C(\C)C1OCC(OC)CC1OC. The van der Waals surface area contributed by atoms with E-state index in [-0.39, 0.29) is 36.4 Å². The van der Waals surface area contributed by atoms with Gasteiger partial charge in [0.25, 0.3) is 0 Å². The summed E-state index contributed by atoms with van der Waals surface area (Å²) in [4.78, 5) is 0. The predicted octanol–water partition coefficient (Wildman–Crippen LogP) is 4.00. The normalized spacial score (nSPS) is 34.8. The Morgan fingerprint density at radius 3 is 2.45 bits per heavy atom. The van der Waals surface area contributed by atoms with Crippen LogP contribution in [0.5, 0.6) is 0 Å². The second kappa shape index (κ2) is 11.6. The van der Waals surface area contributed by atoms with Gasteiger partial charge in [-0.25, -0.2) is 0 Å². The average molecular weight is 411 g/mol. The zero-order valence-corrected chi connectivity index (χ0v) is 19.3. The highest BCUT2D eigenvalue weighted by atomic mass is 16.6. The molecule has 9 unspecified atom stereocenters. The van der Waals surface area contributed by atoms with Gasteiger partial charge in [0.15, 0.2) is 0 Å². The van der Waals surface area contributed by atoms with Gasteiger partial charge in [-0.15, -0.1) is 0 Å². The monoisotopic (exact) mass is 410 g/mol. The third-order valence-corrected chi connectivity index (χ3v) is 6.99. The van der Waals surface area contributed by atoms with Crippen LogP contribution < -0.4 is 0 Å². The number of ether oxygens (including phenoxy) is 4.